The topological polar surface area (TPSA) is 17.3 Å². The maximum atomic E-state index is 4.53. The minimum Gasteiger partial charge on any atom is -0.303 e. The first kappa shape index (κ1) is 8.48. The number of hydrogen-bond donors (Lipinski definition) is 0. The molecule has 15 heavy (non-hydrogen) atoms. The second-order valence-corrected chi connectivity index (χ2v) is 3.91. The van der Waals surface area contributed by atoms with Crippen LogP contribution in [0.3, 0.4) is 0 Å². The first-order valence-electron chi connectivity index (χ1n) is 5.10. The van der Waals surface area contributed by atoms with Crippen LogP contribution in [0.25, 0.3) is 16.4 Å². The lowest BCUT2D eigenvalue weighted by molar-refractivity contribution is 1.11. The molecule has 0 bridgehead atoms. The summed E-state index contributed by atoms with van der Waals surface area (Å²) in [4.78, 5) is 4.53. The van der Waals surface area contributed by atoms with Gasteiger partial charge >= 0.3 is 0 Å². The molecular weight excluding hydrogens is 184 g/mol. The van der Waals surface area contributed by atoms with E-state index in [1.54, 1.807) is 0 Å². The van der Waals surface area contributed by atoms with E-state index in [0.717, 1.165) is 11.3 Å². The Morgan fingerprint density at radius 3 is 2.60 bits per heavy atom. The highest BCUT2D eigenvalue weighted by Gasteiger charge is 2.04. The van der Waals surface area contributed by atoms with E-state index in [-0.39, 0.29) is 0 Å². The van der Waals surface area contributed by atoms with Crippen molar-refractivity contribution < 1.29 is 0 Å². The Morgan fingerprint density at radius 1 is 1.07 bits per heavy atom. The Bertz CT molecular complexity index is 650. The molecule has 0 aliphatic carbocycles. The summed E-state index contributed by atoms with van der Waals surface area (Å²) in [5, 5.41) is 2.50. The third kappa shape index (κ3) is 1.14. The van der Waals surface area contributed by atoms with Crippen LogP contribution in [-0.2, 0) is 0 Å². The Labute approximate surface area is 88.2 Å². The number of hydrogen-bond acceptors (Lipinski definition) is 1. The van der Waals surface area contributed by atoms with Gasteiger partial charge in [-0.05, 0) is 30.7 Å². The van der Waals surface area contributed by atoms with Gasteiger partial charge < -0.3 is 4.40 Å². The van der Waals surface area contributed by atoms with Crippen molar-refractivity contribution in [3.63, 3.8) is 0 Å². The molecule has 0 fully saturated rings. The maximum Gasteiger partial charge on any atom is 0.137 e. The minimum atomic E-state index is 1.03. The zero-order valence-electron chi connectivity index (χ0n) is 8.86. The Morgan fingerprint density at radius 2 is 1.80 bits per heavy atom. The summed E-state index contributed by atoms with van der Waals surface area (Å²) in [6, 6.07) is 10.5. The number of fused-ring (bicyclic) bond motifs is 2. The van der Waals surface area contributed by atoms with Gasteiger partial charge in [-0.25, -0.2) is 4.98 Å². The molecule has 2 heteroatoms. The Hall–Kier alpha value is -1.83. The fraction of sp³-hybridized carbons (Fsp3) is 0.154. The van der Waals surface area contributed by atoms with E-state index in [4.69, 9.17) is 0 Å². The Balaban J connectivity index is 2.53. The highest BCUT2D eigenvalue weighted by atomic mass is 15.0. The molecule has 2 heterocycles. The summed E-state index contributed by atoms with van der Waals surface area (Å²) in [5.41, 5.74) is 3.35. The zero-order chi connectivity index (χ0) is 10.4. The van der Waals surface area contributed by atoms with E-state index in [2.05, 4.69) is 52.8 Å². The molecule has 1 aromatic carbocycles. The molecule has 0 amide bonds. The highest BCUT2D eigenvalue weighted by molar-refractivity contribution is 5.84. The first-order valence-corrected chi connectivity index (χ1v) is 5.10. The van der Waals surface area contributed by atoms with Gasteiger partial charge in [0, 0.05) is 11.9 Å². The molecule has 0 N–H and O–H groups in total. The summed E-state index contributed by atoms with van der Waals surface area (Å²) in [7, 11) is 0. The number of aromatic nitrogens is 2. The summed E-state index contributed by atoms with van der Waals surface area (Å²) >= 11 is 0. The van der Waals surface area contributed by atoms with Crippen molar-refractivity contribution in [1.29, 1.82) is 0 Å². The number of imidazole rings is 1. The van der Waals surface area contributed by atoms with Crippen molar-refractivity contribution in [2.24, 2.45) is 0 Å². The van der Waals surface area contributed by atoms with Gasteiger partial charge in [-0.1, -0.05) is 24.3 Å². The van der Waals surface area contributed by atoms with Crippen LogP contribution >= 0.6 is 0 Å². The lowest BCUT2D eigenvalue weighted by atomic mass is 10.2. The fourth-order valence-corrected chi connectivity index (χ4v) is 1.96. The van der Waals surface area contributed by atoms with Crippen molar-refractivity contribution >= 4 is 16.4 Å². The van der Waals surface area contributed by atoms with Crippen LogP contribution in [0.2, 0.25) is 0 Å². The molecule has 0 saturated heterocycles. The number of benzene rings is 1. The maximum absolute atomic E-state index is 4.53. The largest absolute Gasteiger partial charge is 0.303 e. The van der Waals surface area contributed by atoms with Crippen LogP contribution < -0.4 is 0 Å². The summed E-state index contributed by atoms with van der Waals surface area (Å²) in [5.74, 6) is 0. The predicted octanol–water partition coefficient (Wildman–Crippen LogP) is 3.10. The second kappa shape index (κ2) is 2.83. The summed E-state index contributed by atoms with van der Waals surface area (Å²) in [6.07, 6.45) is 2.15. The first-order chi connectivity index (χ1) is 7.25. The van der Waals surface area contributed by atoms with Crippen molar-refractivity contribution in [3.05, 3.63) is 47.9 Å². The van der Waals surface area contributed by atoms with Gasteiger partial charge in [0.1, 0.15) is 5.65 Å². The van der Waals surface area contributed by atoms with Crippen molar-refractivity contribution in [1.82, 2.24) is 9.38 Å². The van der Waals surface area contributed by atoms with E-state index in [9.17, 15) is 0 Å². The lowest BCUT2D eigenvalue weighted by Gasteiger charge is -2.00. The second-order valence-electron chi connectivity index (χ2n) is 3.91. The average Bonchev–Trinajstić information content (AvgIpc) is 2.52. The zero-order valence-corrected chi connectivity index (χ0v) is 8.86. The quantitative estimate of drug-likeness (QED) is 0.540. The van der Waals surface area contributed by atoms with Crippen LogP contribution in [0.5, 0.6) is 0 Å². The van der Waals surface area contributed by atoms with E-state index in [1.807, 2.05) is 6.92 Å². The number of rotatable bonds is 0. The molecule has 2 aromatic heterocycles. The normalized spacial score (nSPS) is 11.3. The highest BCUT2D eigenvalue weighted by Crippen LogP contribution is 2.18. The van der Waals surface area contributed by atoms with E-state index in [0.29, 0.717) is 0 Å². The minimum absolute atomic E-state index is 1.03. The SMILES string of the molecule is Cc1nc2cc3ccccc3cn2c1C. The Kier molecular flexibility index (Phi) is 1.60. The van der Waals surface area contributed by atoms with Crippen LogP contribution in [0.15, 0.2) is 36.5 Å². The van der Waals surface area contributed by atoms with E-state index in [1.165, 1.54) is 16.5 Å². The van der Waals surface area contributed by atoms with Gasteiger partial charge in [-0.15, -0.1) is 0 Å². The smallest absolute Gasteiger partial charge is 0.137 e. The van der Waals surface area contributed by atoms with Crippen molar-refractivity contribution in [2.75, 3.05) is 0 Å². The number of pyridine rings is 1. The van der Waals surface area contributed by atoms with Gasteiger partial charge in [0.15, 0.2) is 0 Å². The number of nitrogens with zero attached hydrogens (tertiary/aromatic N) is 2. The molecule has 0 aliphatic heterocycles. The van der Waals surface area contributed by atoms with Gasteiger partial charge in [0.2, 0.25) is 0 Å². The monoisotopic (exact) mass is 196 g/mol. The predicted molar refractivity (Wildman–Crippen MR) is 62.2 cm³/mol. The molecule has 0 spiro atoms. The molecule has 3 rings (SSSR count). The summed E-state index contributed by atoms with van der Waals surface area (Å²) in [6.45, 7) is 4.15. The van der Waals surface area contributed by atoms with Crippen molar-refractivity contribution in [2.45, 2.75) is 13.8 Å². The fourth-order valence-electron chi connectivity index (χ4n) is 1.96. The van der Waals surface area contributed by atoms with Crippen LogP contribution in [0.1, 0.15) is 11.4 Å². The molecule has 3 aromatic rings. The van der Waals surface area contributed by atoms with Gasteiger partial charge in [0.05, 0.1) is 5.69 Å². The van der Waals surface area contributed by atoms with Gasteiger partial charge in [0.25, 0.3) is 0 Å². The molecule has 0 aliphatic rings. The molecule has 2 nitrogen and oxygen atoms in total. The molecule has 0 radical (unpaired) electrons. The van der Waals surface area contributed by atoms with Crippen LogP contribution in [0, 0.1) is 13.8 Å². The average molecular weight is 196 g/mol. The third-order valence-electron chi connectivity index (χ3n) is 2.96. The van der Waals surface area contributed by atoms with Gasteiger partial charge in [-0.3, -0.25) is 0 Å². The standard InChI is InChI=1S/C13H12N2/c1-9-10(2)15-8-12-6-4-3-5-11(12)7-13(15)14-9/h3-8H,1-2H3. The molecule has 0 atom stereocenters. The molecule has 0 saturated carbocycles. The molecule has 74 valence electrons. The molecule has 0 unspecified atom stereocenters. The van der Waals surface area contributed by atoms with E-state index >= 15 is 0 Å². The van der Waals surface area contributed by atoms with Crippen molar-refractivity contribution in [3.8, 4) is 0 Å². The van der Waals surface area contributed by atoms with Crippen LogP contribution in [-0.4, -0.2) is 9.38 Å². The lowest BCUT2D eigenvalue weighted by Crippen LogP contribution is -1.87. The van der Waals surface area contributed by atoms with Gasteiger partial charge in [-0.2, -0.15) is 0 Å². The number of aryl methyl sites for hydroxylation is 2. The third-order valence-corrected chi connectivity index (χ3v) is 2.96. The van der Waals surface area contributed by atoms with E-state index < -0.39 is 0 Å². The summed E-state index contributed by atoms with van der Waals surface area (Å²) < 4.78 is 2.15. The van der Waals surface area contributed by atoms with Crippen LogP contribution in [0.4, 0.5) is 0 Å². The molecular formula is C13H12N2.